The predicted octanol–water partition coefficient (Wildman–Crippen LogP) is 3.40. The van der Waals surface area contributed by atoms with Crippen molar-refractivity contribution in [3.63, 3.8) is 0 Å². The first-order valence-electron chi connectivity index (χ1n) is 6.21. The minimum Gasteiger partial charge on any atom is -0.464 e. The third kappa shape index (κ3) is 2.62. The first kappa shape index (κ1) is 12.8. The normalized spacial score (nSPS) is 13.1. The molecule has 2 aromatic rings. The van der Waals surface area contributed by atoms with Crippen LogP contribution in [0.1, 0.15) is 31.4 Å². The Morgan fingerprint density at radius 1 is 1.33 bits per heavy atom. The maximum Gasteiger partial charge on any atom is 0.134 e. The first-order valence-corrected chi connectivity index (χ1v) is 6.21. The zero-order chi connectivity index (χ0) is 13.1. The van der Waals surface area contributed by atoms with Gasteiger partial charge in [-0.1, -0.05) is 18.2 Å². The third-order valence-corrected chi connectivity index (χ3v) is 3.26. The zero-order valence-electron chi connectivity index (χ0n) is 11.1. The Kier molecular flexibility index (Phi) is 3.82. The molecule has 0 fully saturated rings. The molecule has 0 spiro atoms. The SMILES string of the molecule is CC(=O)CCC(c1coc2ccccc12)N(C)C. The van der Waals surface area contributed by atoms with Crippen LogP contribution in [0.4, 0.5) is 0 Å². The van der Waals surface area contributed by atoms with Crippen molar-refractivity contribution < 1.29 is 9.21 Å². The van der Waals surface area contributed by atoms with Gasteiger partial charge in [0, 0.05) is 23.4 Å². The Balaban J connectivity index is 2.33. The number of rotatable bonds is 5. The summed E-state index contributed by atoms with van der Waals surface area (Å²) in [6, 6.07) is 8.24. The highest BCUT2D eigenvalue weighted by Crippen LogP contribution is 2.31. The fourth-order valence-corrected chi connectivity index (χ4v) is 2.29. The minimum atomic E-state index is 0.220. The largest absolute Gasteiger partial charge is 0.464 e. The van der Waals surface area contributed by atoms with E-state index in [-0.39, 0.29) is 11.8 Å². The molecule has 3 heteroatoms. The van der Waals surface area contributed by atoms with Crippen LogP contribution in [0.25, 0.3) is 11.0 Å². The van der Waals surface area contributed by atoms with Crippen LogP contribution in [-0.2, 0) is 4.79 Å². The Morgan fingerprint density at radius 2 is 2.06 bits per heavy atom. The number of hydrogen-bond acceptors (Lipinski definition) is 3. The fraction of sp³-hybridized carbons (Fsp3) is 0.400. The van der Waals surface area contributed by atoms with Crippen molar-refractivity contribution in [2.24, 2.45) is 0 Å². The molecule has 1 atom stereocenters. The van der Waals surface area contributed by atoms with E-state index in [1.54, 1.807) is 6.92 Å². The van der Waals surface area contributed by atoms with Crippen LogP contribution < -0.4 is 0 Å². The van der Waals surface area contributed by atoms with Gasteiger partial charge >= 0.3 is 0 Å². The number of furan rings is 1. The van der Waals surface area contributed by atoms with Crippen LogP contribution in [-0.4, -0.2) is 24.8 Å². The zero-order valence-corrected chi connectivity index (χ0v) is 11.1. The molecular weight excluding hydrogens is 226 g/mol. The summed E-state index contributed by atoms with van der Waals surface area (Å²) >= 11 is 0. The van der Waals surface area contributed by atoms with E-state index in [2.05, 4.69) is 11.0 Å². The summed E-state index contributed by atoms with van der Waals surface area (Å²) in [6.45, 7) is 1.64. The van der Waals surface area contributed by atoms with Gasteiger partial charge in [-0.2, -0.15) is 0 Å². The maximum absolute atomic E-state index is 11.2. The molecule has 0 aliphatic rings. The molecule has 1 heterocycles. The highest BCUT2D eigenvalue weighted by Gasteiger charge is 2.19. The minimum absolute atomic E-state index is 0.220. The highest BCUT2D eigenvalue weighted by atomic mass is 16.3. The molecule has 0 aliphatic carbocycles. The van der Waals surface area contributed by atoms with E-state index >= 15 is 0 Å². The van der Waals surface area contributed by atoms with E-state index < -0.39 is 0 Å². The molecule has 0 radical (unpaired) electrons. The Morgan fingerprint density at radius 3 is 2.72 bits per heavy atom. The summed E-state index contributed by atoms with van der Waals surface area (Å²) in [4.78, 5) is 13.3. The van der Waals surface area contributed by atoms with Crippen LogP contribution in [0.2, 0.25) is 0 Å². The molecule has 1 aromatic carbocycles. The molecule has 18 heavy (non-hydrogen) atoms. The van der Waals surface area contributed by atoms with Gasteiger partial charge in [0.2, 0.25) is 0 Å². The molecule has 1 aromatic heterocycles. The van der Waals surface area contributed by atoms with Crippen molar-refractivity contribution in [1.29, 1.82) is 0 Å². The van der Waals surface area contributed by atoms with Gasteiger partial charge in [-0.25, -0.2) is 0 Å². The number of ketones is 1. The van der Waals surface area contributed by atoms with Crippen LogP contribution in [0, 0.1) is 0 Å². The van der Waals surface area contributed by atoms with Crippen molar-refractivity contribution in [2.45, 2.75) is 25.8 Å². The number of Topliss-reactive ketones (excluding diaryl/α,β-unsaturated/α-hetero) is 1. The topological polar surface area (TPSA) is 33.5 Å². The second-order valence-corrected chi connectivity index (χ2v) is 4.91. The lowest BCUT2D eigenvalue weighted by Crippen LogP contribution is -2.20. The van der Waals surface area contributed by atoms with E-state index in [9.17, 15) is 4.79 Å². The Hall–Kier alpha value is -1.61. The average molecular weight is 245 g/mol. The average Bonchev–Trinajstić information content (AvgIpc) is 2.73. The number of carbonyl (C=O) groups excluding carboxylic acids is 1. The smallest absolute Gasteiger partial charge is 0.134 e. The summed E-state index contributed by atoms with van der Waals surface area (Å²) in [6.07, 6.45) is 3.24. The number of benzene rings is 1. The molecule has 2 rings (SSSR count). The van der Waals surface area contributed by atoms with Gasteiger partial charge in [-0.15, -0.1) is 0 Å². The summed E-state index contributed by atoms with van der Waals surface area (Å²) in [5.41, 5.74) is 2.07. The molecule has 0 bridgehead atoms. The van der Waals surface area contributed by atoms with E-state index in [0.717, 1.165) is 23.0 Å². The maximum atomic E-state index is 11.2. The van der Waals surface area contributed by atoms with Gasteiger partial charge < -0.3 is 14.1 Å². The lowest BCUT2D eigenvalue weighted by atomic mass is 9.99. The lowest BCUT2D eigenvalue weighted by molar-refractivity contribution is -0.117. The summed E-state index contributed by atoms with van der Waals surface area (Å²) in [7, 11) is 4.07. The van der Waals surface area contributed by atoms with Crippen molar-refractivity contribution in [2.75, 3.05) is 14.1 Å². The van der Waals surface area contributed by atoms with Gasteiger partial charge in [-0.05, 0) is 33.5 Å². The molecule has 0 saturated carbocycles. The fourth-order valence-electron chi connectivity index (χ4n) is 2.29. The molecule has 0 aliphatic heterocycles. The number of nitrogens with zero attached hydrogens (tertiary/aromatic N) is 1. The van der Waals surface area contributed by atoms with Crippen LogP contribution in [0.15, 0.2) is 34.9 Å². The van der Waals surface area contributed by atoms with Gasteiger partial charge in [0.1, 0.15) is 11.4 Å². The van der Waals surface area contributed by atoms with Crippen LogP contribution in [0.5, 0.6) is 0 Å². The molecule has 1 unspecified atom stereocenters. The molecule has 0 N–H and O–H groups in total. The standard InChI is InChI=1S/C15H19NO2/c1-11(17)8-9-14(16(2)3)13-10-18-15-7-5-4-6-12(13)15/h4-7,10,14H,8-9H2,1-3H3. The van der Waals surface area contributed by atoms with E-state index in [1.165, 1.54) is 0 Å². The second-order valence-electron chi connectivity index (χ2n) is 4.91. The van der Waals surface area contributed by atoms with E-state index in [1.807, 2.05) is 38.6 Å². The first-order chi connectivity index (χ1) is 8.59. The van der Waals surface area contributed by atoms with Crippen molar-refractivity contribution >= 4 is 16.8 Å². The summed E-state index contributed by atoms with van der Waals surface area (Å²) in [5.74, 6) is 0.231. The summed E-state index contributed by atoms with van der Waals surface area (Å²) in [5, 5.41) is 1.14. The van der Waals surface area contributed by atoms with Crippen molar-refractivity contribution in [3.05, 3.63) is 36.1 Å². The molecule has 0 saturated heterocycles. The van der Waals surface area contributed by atoms with E-state index in [0.29, 0.717) is 6.42 Å². The lowest BCUT2D eigenvalue weighted by Gasteiger charge is -2.23. The number of para-hydroxylation sites is 1. The van der Waals surface area contributed by atoms with Crippen LogP contribution in [0.3, 0.4) is 0 Å². The van der Waals surface area contributed by atoms with E-state index in [4.69, 9.17) is 4.42 Å². The van der Waals surface area contributed by atoms with Gasteiger partial charge in [0.15, 0.2) is 0 Å². The molecular formula is C15H19NO2. The molecule has 3 nitrogen and oxygen atoms in total. The summed E-state index contributed by atoms with van der Waals surface area (Å²) < 4.78 is 5.58. The number of hydrogen-bond donors (Lipinski definition) is 0. The monoisotopic (exact) mass is 245 g/mol. The van der Waals surface area contributed by atoms with Crippen molar-refractivity contribution in [1.82, 2.24) is 4.90 Å². The quantitative estimate of drug-likeness (QED) is 0.809. The van der Waals surface area contributed by atoms with Crippen molar-refractivity contribution in [3.8, 4) is 0 Å². The highest BCUT2D eigenvalue weighted by molar-refractivity contribution is 5.81. The second kappa shape index (κ2) is 5.36. The van der Waals surface area contributed by atoms with Gasteiger partial charge in [0.05, 0.1) is 6.26 Å². The number of fused-ring (bicyclic) bond motifs is 1. The molecule has 0 amide bonds. The van der Waals surface area contributed by atoms with Gasteiger partial charge in [0.25, 0.3) is 0 Å². The Bertz CT molecular complexity index is 542. The third-order valence-electron chi connectivity index (χ3n) is 3.26. The Labute approximate surface area is 107 Å². The predicted molar refractivity (Wildman–Crippen MR) is 72.6 cm³/mol. The van der Waals surface area contributed by atoms with Gasteiger partial charge in [-0.3, -0.25) is 0 Å². The number of carbonyl (C=O) groups is 1. The van der Waals surface area contributed by atoms with Crippen LogP contribution >= 0.6 is 0 Å². The molecule has 96 valence electrons.